The Hall–Kier alpha value is -1.44. The van der Waals surface area contributed by atoms with E-state index in [1.165, 1.54) is 5.38 Å². The van der Waals surface area contributed by atoms with E-state index in [-0.39, 0.29) is 31.0 Å². The molecule has 0 bridgehead atoms. The number of nitrogens with zero attached hydrogens (tertiary/aromatic N) is 1. The molecule has 0 radical (unpaired) electrons. The fourth-order valence-electron chi connectivity index (χ4n) is 1.82. The fourth-order valence-corrected chi connectivity index (χ4v) is 2.92. The zero-order valence-corrected chi connectivity index (χ0v) is 10.8. The van der Waals surface area contributed by atoms with Crippen molar-refractivity contribution >= 4 is 17.4 Å². The lowest BCUT2D eigenvalue weighted by molar-refractivity contribution is -0.146. The summed E-state index contributed by atoms with van der Waals surface area (Å²) in [6.07, 6.45) is -5.44. The van der Waals surface area contributed by atoms with Crippen molar-refractivity contribution in [3.8, 4) is 5.75 Å². The summed E-state index contributed by atoms with van der Waals surface area (Å²) in [4.78, 5) is 12.6. The molecule has 106 valence electrons. The maximum atomic E-state index is 12.7. The zero-order valence-electron chi connectivity index (χ0n) is 10.0. The van der Waals surface area contributed by atoms with Gasteiger partial charge in [0.25, 0.3) is 0 Å². The zero-order chi connectivity index (χ0) is 14.2. The average molecular weight is 295 g/mol. The van der Waals surface area contributed by atoms with Gasteiger partial charge in [-0.15, -0.1) is 11.3 Å². The highest BCUT2D eigenvalue weighted by atomic mass is 32.1. The number of carboxylic acid groups (broad SMARTS) is 1. The molecule has 2 rings (SSSR count). The number of hydrogen-bond donors (Lipinski definition) is 1. The highest BCUT2D eigenvalue weighted by Crippen LogP contribution is 2.43. The number of halogens is 3. The van der Waals surface area contributed by atoms with Crippen molar-refractivity contribution in [2.24, 2.45) is 0 Å². The molecule has 0 spiro atoms. The molecule has 1 aromatic heterocycles. The Kier molecular flexibility index (Phi) is 3.62. The summed E-state index contributed by atoms with van der Waals surface area (Å²) in [5.74, 6) is -1.43. The van der Waals surface area contributed by atoms with Crippen LogP contribution in [0.25, 0.3) is 0 Å². The molecule has 1 amide bonds. The van der Waals surface area contributed by atoms with Gasteiger partial charge in [0, 0.05) is 5.56 Å². The molecule has 8 heteroatoms. The van der Waals surface area contributed by atoms with E-state index in [1.807, 2.05) is 0 Å². The lowest BCUT2D eigenvalue weighted by Crippen LogP contribution is -2.30. The van der Waals surface area contributed by atoms with E-state index in [0.29, 0.717) is 4.88 Å². The van der Waals surface area contributed by atoms with E-state index < -0.39 is 18.2 Å². The minimum Gasteiger partial charge on any atom is -0.490 e. The summed E-state index contributed by atoms with van der Waals surface area (Å²) in [6, 6.07) is 0. The van der Waals surface area contributed by atoms with Gasteiger partial charge in [-0.2, -0.15) is 13.2 Å². The highest BCUT2D eigenvalue weighted by molar-refractivity contribution is 7.10. The first-order valence-corrected chi connectivity index (χ1v) is 6.46. The van der Waals surface area contributed by atoms with Gasteiger partial charge in [0.15, 0.2) is 0 Å². The first-order chi connectivity index (χ1) is 8.80. The standard InChI is InChI=1S/C11H12F3NO3S/c1-6(11(12,13)14)7-5-19-8-4-15(10(16)17)2-3-18-9(7)8/h5-6H,2-4H2,1H3,(H,16,17). The Morgan fingerprint density at radius 1 is 1.58 bits per heavy atom. The normalized spacial score (nSPS) is 17.4. The molecular formula is C11H12F3NO3S. The molecule has 2 heterocycles. The minimum absolute atomic E-state index is 0.0631. The first-order valence-electron chi connectivity index (χ1n) is 5.58. The highest BCUT2D eigenvalue weighted by Gasteiger charge is 2.40. The molecule has 1 N–H and O–H groups in total. The second-order valence-corrected chi connectivity index (χ2v) is 5.22. The second-order valence-electron chi connectivity index (χ2n) is 4.26. The van der Waals surface area contributed by atoms with Gasteiger partial charge in [0.2, 0.25) is 0 Å². The lowest BCUT2D eigenvalue weighted by atomic mass is 10.0. The van der Waals surface area contributed by atoms with E-state index >= 15 is 0 Å². The van der Waals surface area contributed by atoms with Gasteiger partial charge < -0.3 is 9.84 Å². The van der Waals surface area contributed by atoms with E-state index in [1.54, 1.807) is 0 Å². The van der Waals surface area contributed by atoms with Gasteiger partial charge in [-0.25, -0.2) is 4.79 Å². The lowest BCUT2D eigenvalue weighted by Gasteiger charge is -2.16. The molecular weight excluding hydrogens is 283 g/mol. The van der Waals surface area contributed by atoms with E-state index in [2.05, 4.69) is 0 Å². The van der Waals surface area contributed by atoms with E-state index in [9.17, 15) is 18.0 Å². The summed E-state index contributed by atoms with van der Waals surface area (Å²) in [7, 11) is 0. The maximum Gasteiger partial charge on any atom is 0.407 e. The third-order valence-electron chi connectivity index (χ3n) is 3.01. The van der Waals surface area contributed by atoms with Crippen molar-refractivity contribution in [2.75, 3.05) is 13.2 Å². The molecule has 1 atom stereocenters. The molecule has 0 aromatic carbocycles. The van der Waals surface area contributed by atoms with E-state index in [4.69, 9.17) is 9.84 Å². The summed E-state index contributed by atoms with van der Waals surface area (Å²) >= 11 is 1.10. The third kappa shape index (κ3) is 2.78. The Balaban J connectivity index is 2.31. The van der Waals surface area contributed by atoms with Gasteiger partial charge in [-0.05, 0) is 12.3 Å². The molecule has 1 aliphatic heterocycles. The quantitative estimate of drug-likeness (QED) is 0.865. The Morgan fingerprint density at radius 3 is 2.84 bits per heavy atom. The molecule has 0 fully saturated rings. The smallest absolute Gasteiger partial charge is 0.407 e. The van der Waals surface area contributed by atoms with Crippen molar-refractivity contribution in [1.29, 1.82) is 0 Å². The molecule has 0 saturated carbocycles. The predicted octanol–water partition coefficient (Wildman–Crippen LogP) is 3.29. The Labute approximate surface area is 111 Å². The number of ether oxygens (including phenoxy) is 1. The van der Waals surface area contributed by atoms with Crippen LogP contribution in [-0.4, -0.2) is 35.4 Å². The maximum absolute atomic E-state index is 12.7. The van der Waals surface area contributed by atoms with Gasteiger partial charge in [-0.1, -0.05) is 0 Å². The molecule has 0 saturated heterocycles. The second kappa shape index (κ2) is 4.92. The number of carbonyl (C=O) groups is 1. The molecule has 19 heavy (non-hydrogen) atoms. The van der Waals surface area contributed by atoms with Crippen molar-refractivity contribution in [2.45, 2.75) is 25.6 Å². The van der Waals surface area contributed by atoms with Gasteiger partial charge in [0.1, 0.15) is 12.4 Å². The summed E-state index contributed by atoms with van der Waals surface area (Å²) in [5, 5.41) is 10.3. The van der Waals surface area contributed by atoms with Gasteiger partial charge in [-0.3, -0.25) is 4.90 Å². The van der Waals surface area contributed by atoms with Gasteiger partial charge >= 0.3 is 12.3 Å². The van der Waals surface area contributed by atoms with Crippen LogP contribution >= 0.6 is 11.3 Å². The molecule has 4 nitrogen and oxygen atoms in total. The Bertz CT molecular complexity index is 486. The molecule has 1 unspecified atom stereocenters. The van der Waals surface area contributed by atoms with Crippen LogP contribution in [0.5, 0.6) is 5.75 Å². The van der Waals surface area contributed by atoms with Crippen LogP contribution in [0.2, 0.25) is 0 Å². The number of amides is 1. The molecule has 1 aromatic rings. The average Bonchev–Trinajstić information content (AvgIpc) is 2.56. The summed E-state index contributed by atoms with van der Waals surface area (Å²) < 4.78 is 43.5. The van der Waals surface area contributed by atoms with Crippen LogP contribution in [0.3, 0.4) is 0 Å². The largest absolute Gasteiger partial charge is 0.490 e. The number of rotatable bonds is 1. The van der Waals surface area contributed by atoms with Crippen LogP contribution in [0.1, 0.15) is 23.3 Å². The monoisotopic (exact) mass is 295 g/mol. The van der Waals surface area contributed by atoms with Gasteiger partial charge in [0.05, 0.1) is 23.9 Å². The van der Waals surface area contributed by atoms with Crippen LogP contribution in [0.4, 0.5) is 18.0 Å². The SMILES string of the molecule is CC(c1csc2c1OCCN(C(=O)O)C2)C(F)(F)F. The van der Waals surface area contributed by atoms with Crippen molar-refractivity contribution in [3.05, 3.63) is 15.8 Å². The topological polar surface area (TPSA) is 49.8 Å². The minimum atomic E-state index is -4.34. The number of fused-ring (bicyclic) bond motifs is 1. The number of alkyl halides is 3. The first kappa shape index (κ1) is 14.0. The van der Waals surface area contributed by atoms with E-state index in [0.717, 1.165) is 23.2 Å². The van der Waals surface area contributed by atoms with Crippen molar-refractivity contribution in [3.63, 3.8) is 0 Å². The third-order valence-corrected chi connectivity index (χ3v) is 3.98. The summed E-state index contributed by atoms with van der Waals surface area (Å²) in [6.45, 7) is 1.36. The predicted molar refractivity (Wildman–Crippen MR) is 62.7 cm³/mol. The van der Waals surface area contributed by atoms with Crippen LogP contribution < -0.4 is 4.74 Å². The van der Waals surface area contributed by atoms with Crippen molar-refractivity contribution < 1.29 is 27.8 Å². The van der Waals surface area contributed by atoms with Crippen LogP contribution in [0.15, 0.2) is 5.38 Å². The number of thiophene rings is 1. The summed E-state index contributed by atoms with van der Waals surface area (Å²) in [5.41, 5.74) is 0.0831. The fraction of sp³-hybridized carbons (Fsp3) is 0.545. The molecule has 0 aliphatic carbocycles. The van der Waals surface area contributed by atoms with Crippen molar-refractivity contribution in [1.82, 2.24) is 4.90 Å². The van der Waals surface area contributed by atoms with Crippen LogP contribution in [0, 0.1) is 0 Å². The number of hydrogen-bond acceptors (Lipinski definition) is 3. The van der Waals surface area contributed by atoms with Crippen LogP contribution in [-0.2, 0) is 6.54 Å². The Morgan fingerprint density at radius 2 is 2.26 bits per heavy atom. The molecule has 1 aliphatic rings.